The van der Waals surface area contributed by atoms with E-state index in [1.54, 1.807) is 12.1 Å². The van der Waals surface area contributed by atoms with Crippen LogP contribution in [-0.4, -0.2) is 19.5 Å². The molecule has 1 heterocycles. The van der Waals surface area contributed by atoms with Crippen LogP contribution in [0.1, 0.15) is 11.1 Å². The Morgan fingerprint density at radius 2 is 1.42 bits per heavy atom. The Bertz CT molecular complexity index is 919. The summed E-state index contributed by atoms with van der Waals surface area (Å²) in [5.74, 6) is 0. The number of nitrogens with zero attached hydrogens (tertiary/aromatic N) is 1. The minimum atomic E-state index is -3.50. The first-order chi connectivity index (χ1) is 12.5. The molecule has 0 saturated carbocycles. The monoisotopic (exact) mass is 388 g/mol. The minimum Gasteiger partial charge on any atom is -0.354 e. The lowest BCUT2D eigenvalue weighted by Crippen LogP contribution is -2.25. The Balaban J connectivity index is 1.49. The first-order valence-corrected chi connectivity index (χ1v) is 10.3. The molecule has 0 bridgehead atoms. The third kappa shape index (κ3) is 5.21. The molecule has 0 spiro atoms. The maximum Gasteiger partial charge on any atom is 0.240 e. The zero-order chi connectivity index (χ0) is 18.4. The fourth-order valence-corrected chi connectivity index (χ4v) is 3.83. The van der Waals surface area contributed by atoms with E-state index < -0.39 is 10.0 Å². The highest BCUT2D eigenvalue weighted by atomic mass is 35.5. The average Bonchev–Trinajstić information content (AvgIpc) is 3.15. The van der Waals surface area contributed by atoms with Crippen LogP contribution in [0.4, 0.5) is 0 Å². The van der Waals surface area contributed by atoms with E-state index >= 15 is 0 Å². The molecule has 0 atom stereocenters. The highest BCUT2D eigenvalue weighted by Crippen LogP contribution is 2.14. The van der Waals surface area contributed by atoms with Gasteiger partial charge in [-0.1, -0.05) is 35.9 Å². The summed E-state index contributed by atoms with van der Waals surface area (Å²) in [4.78, 5) is 0.224. The van der Waals surface area contributed by atoms with Gasteiger partial charge in [0.05, 0.1) is 4.90 Å². The summed E-state index contributed by atoms with van der Waals surface area (Å²) < 4.78 is 29.2. The van der Waals surface area contributed by atoms with E-state index in [1.165, 1.54) is 17.7 Å². The van der Waals surface area contributed by atoms with E-state index in [1.807, 2.05) is 12.1 Å². The lowest BCUT2D eigenvalue weighted by Gasteiger charge is -2.08. The molecule has 0 unspecified atom stereocenters. The Morgan fingerprint density at radius 1 is 0.846 bits per heavy atom. The Labute approximate surface area is 159 Å². The van der Waals surface area contributed by atoms with Crippen molar-refractivity contribution in [3.63, 3.8) is 0 Å². The molecule has 3 rings (SSSR count). The second-order valence-electron chi connectivity index (χ2n) is 6.09. The van der Waals surface area contributed by atoms with E-state index in [0.717, 1.165) is 18.5 Å². The van der Waals surface area contributed by atoms with Crippen molar-refractivity contribution in [1.82, 2.24) is 9.29 Å². The molecule has 2 aromatic carbocycles. The molecule has 0 saturated heterocycles. The summed E-state index contributed by atoms with van der Waals surface area (Å²) in [6, 6.07) is 18.5. The van der Waals surface area contributed by atoms with E-state index in [9.17, 15) is 8.42 Å². The molecule has 0 radical (unpaired) electrons. The van der Waals surface area contributed by atoms with E-state index in [4.69, 9.17) is 11.6 Å². The van der Waals surface area contributed by atoms with Crippen molar-refractivity contribution in [1.29, 1.82) is 0 Å². The van der Waals surface area contributed by atoms with Crippen LogP contribution in [0.2, 0.25) is 5.02 Å². The molecule has 0 fully saturated rings. The molecule has 1 aromatic heterocycles. The third-order valence-corrected chi connectivity index (χ3v) is 5.91. The highest BCUT2D eigenvalue weighted by Gasteiger charge is 2.12. The number of hydrogen-bond donors (Lipinski definition) is 1. The summed E-state index contributed by atoms with van der Waals surface area (Å²) in [6.45, 7) is 1.31. The standard InChI is InChI=1S/C20H21ClN2O2S/c21-19-7-9-20(10-8-19)26(24,25)22-13-11-17-3-5-18(6-4-17)12-16-23-14-1-2-15-23/h1-10,14-15,22H,11-13,16H2. The smallest absolute Gasteiger partial charge is 0.240 e. The quantitative estimate of drug-likeness (QED) is 0.636. The predicted octanol–water partition coefficient (Wildman–Crippen LogP) is 3.91. The lowest BCUT2D eigenvalue weighted by molar-refractivity contribution is 0.581. The molecule has 3 aromatic rings. The van der Waals surface area contributed by atoms with Gasteiger partial charge in [0.15, 0.2) is 0 Å². The van der Waals surface area contributed by atoms with Gasteiger partial charge in [0.25, 0.3) is 0 Å². The van der Waals surface area contributed by atoms with Crippen molar-refractivity contribution < 1.29 is 8.42 Å². The highest BCUT2D eigenvalue weighted by molar-refractivity contribution is 7.89. The number of nitrogens with one attached hydrogen (secondary N) is 1. The van der Waals surface area contributed by atoms with Crippen LogP contribution in [0.15, 0.2) is 78.0 Å². The number of benzene rings is 2. The predicted molar refractivity (Wildman–Crippen MR) is 105 cm³/mol. The number of aryl methyl sites for hydroxylation is 2. The molecule has 26 heavy (non-hydrogen) atoms. The summed E-state index contributed by atoms with van der Waals surface area (Å²) >= 11 is 5.79. The third-order valence-electron chi connectivity index (χ3n) is 4.18. The average molecular weight is 389 g/mol. The van der Waals surface area contributed by atoms with Gasteiger partial charge in [-0.05, 0) is 60.4 Å². The first kappa shape index (κ1) is 18.7. The van der Waals surface area contributed by atoms with Crippen LogP contribution in [-0.2, 0) is 29.4 Å². The van der Waals surface area contributed by atoms with Gasteiger partial charge in [-0.2, -0.15) is 0 Å². The second-order valence-corrected chi connectivity index (χ2v) is 8.29. The number of sulfonamides is 1. The summed E-state index contributed by atoms with van der Waals surface area (Å²) in [5, 5.41) is 0.515. The molecular formula is C20H21ClN2O2S. The van der Waals surface area contributed by atoms with Gasteiger partial charge >= 0.3 is 0 Å². The van der Waals surface area contributed by atoms with Gasteiger partial charge in [-0.15, -0.1) is 0 Å². The zero-order valence-electron chi connectivity index (χ0n) is 14.3. The molecule has 6 heteroatoms. The molecule has 136 valence electrons. The van der Waals surface area contributed by atoms with Crippen LogP contribution in [0.25, 0.3) is 0 Å². The molecule has 4 nitrogen and oxygen atoms in total. The topological polar surface area (TPSA) is 51.1 Å². The van der Waals surface area contributed by atoms with Crippen LogP contribution in [0.5, 0.6) is 0 Å². The maximum atomic E-state index is 12.2. The van der Waals surface area contributed by atoms with Gasteiger partial charge < -0.3 is 4.57 Å². The van der Waals surface area contributed by atoms with Crippen molar-refractivity contribution in [2.75, 3.05) is 6.54 Å². The van der Waals surface area contributed by atoms with Gasteiger partial charge in [-0.25, -0.2) is 13.1 Å². The summed E-state index contributed by atoms with van der Waals surface area (Å²) in [7, 11) is -3.50. The van der Waals surface area contributed by atoms with E-state index in [2.05, 4.69) is 45.9 Å². The number of halogens is 1. The minimum absolute atomic E-state index is 0.224. The van der Waals surface area contributed by atoms with Crippen molar-refractivity contribution in [3.8, 4) is 0 Å². The molecule has 0 aliphatic carbocycles. The van der Waals surface area contributed by atoms with Crippen LogP contribution >= 0.6 is 11.6 Å². The summed E-state index contributed by atoms with van der Waals surface area (Å²) in [5.41, 5.74) is 2.37. The van der Waals surface area contributed by atoms with Crippen molar-refractivity contribution in [3.05, 3.63) is 89.2 Å². The molecule has 0 aliphatic rings. The van der Waals surface area contributed by atoms with Crippen LogP contribution < -0.4 is 4.72 Å². The molecule has 1 N–H and O–H groups in total. The van der Waals surface area contributed by atoms with E-state index in [0.29, 0.717) is 18.0 Å². The van der Waals surface area contributed by atoms with Crippen LogP contribution in [0.3, 0.4) is 0 Å². The molecular weight excluding hydrogens is 368 g/mol. The zero-order valence-corrected chi connectivity index (χ0v) is 15.9. The fourth-order valence-electron chi connectivity index (χ4n) is 2.68. The molecule has 0 amide bonds. The Kier molecular flexibility index (Phi) is 6.14. The van der Waals surface area contributed by atoms with Gasteiger partial charge in [0, 0.05) is 30.5 Å². The number of hydrogen-bond acceptors (Lipinski definition) is 2. The van der Waals surface area contributed by atoms with Gasteiger partial charge in [-0.3, -0.25) is 0 Å². The van der Waals surface area contributed by atoms with Crippen LogP contribution in [0, 0.1) is 0 Å². The van der Waals surface area contributed by atoms with E-state index in [-0.39, 0.29) is 4.90 Å². The first-order valence-electron chi connectivity index (χ1n) is 8.47. The largest absolute Gasteiger partial charge is 0.354 e. The number of rotatable bonds is 8. The van der Waals surface area contributed by atoms with Crippen molar-refractivity contribution >= 4 is 21.6 Å². The maximum absolute atomic E-state index is 12.2. The normalized spacial score (nSPS) is 11.6. The van der Waals surface area contributed by atoms with Crippen molar-refractivity contribution in [2.24, 2.45) is 0 Å². The van der Waals surface area contributed by atoms with Gasteiger partial charge in [0.2, 0.25) is 10.0 Å². The lowest BCUT2D eigenvalue weighted by atomic mass is 10.1. The summed E-state index contributed by atoms with van der Waals surface area (Å²) in [6.07, 6.45) is 5.73. The molecule has 0 aliphatic heterocycles. The number of aromatic nitrogens is 1. The Morgan fingerprint density at radius 3 is 2.04 bits per heavy atom. The second kappa shape index (κ2) is 8.54. The fraction of sp³-hybridized carbons (Fsp3) is 0.200. The van der Waals surface area contributed by atoms with Gasteiger partial charge in [0.1, 0.15) is 0 Å². The SMILES string of the molecule is O=S(=O)(NCCc1ccc(CCn2cccc2)cc1)c1ccc(Cl)cc1. The van der Waals surface area contributed by atoms with Crippen molar-refractivity contribution in [2.45, 2.75) is 24.3 Å². The Hall–Kier alpha value is -2.08.